The van der Waals surface area contributed by atoms with E-state index >= 15 is 0 Å². The molecule has 1 fully saturated rings. The van der Waals surface area contributed by atoms with Crippen LogP contribution >= 0.6 is 0 Å². The number of ether oxygens (including phenoxy) is 1. The van der Waals surface area contributed by atoms with Crippen LogP contribution in [-0.2, 0) is 11.3 Å². The average molecular weight is 304 g/mol. The highest BCUT2D eigenvalue weighted by atomic mass is 19.1. The Morgan fingerprint density at radius 2 is 2.09 bits per heavy atom. The molecular formula is C16H17FN2O3. The number of benzene rings is 1. The van der Waals surface area contributed by atoms with E-state index in [0.717, 1.165) is 28.3 Å². The smallest absolute Gasteiger partial charge is 0.333 e. The molecule has 22 heavy (non-hydrogen) atoms. The van der Waals surface area contributed by atoms with Crippen LogP contribution in [0.2, 0.25) is 0 Å². The van der Waals surface area contributed by atoms with Crippen molar-refractivity contribution in [3.63, 3.8) is 0 Å². The molecule has 116 valence electrons. The fourth-order valence-corrected chi connectivity index (χ4v) is 2.67. The Kier molecular flexibility index (Phi) is 3.94. The average Bonchev–Trinajstić information content (AvgIpc) is 3.03. The van der Waals surface area contributed by atoms with Crippen molar-refractivity contribution in [2.45, 2.75) is 32.5 Å². The van der Waals surface area contributed by atoms with Crippen molar-refractivity contribution in [1.82, 2.24) is 9.13 Å². The van der Waals surface area contributed by atoms with Crippen LogP contribution in [0.15, 0.2) is 40.1 Å². The fourth-order valence-electron chi connectivity index (χ4n) is 2.67. The predicted octanol–water partition coefficient (Wildman–Crippen LogP) is 1.81. The number of halogens is 1. The summed E-state index contributed by atoms with van der Waals surface area (Å²) in [6.45, 7) is 2.47. The summed E-state index contributed by atoms with van der Waals surface area (Å²) >= 11 is 0. The first kappa shape index (κ1) is 14.7. The summed E-state index contributed by atoms with van der Waals surface area (Å²) < 4.78 is 21.5. The predicted molar refractivity (Wildman–Crippen MR) is 79.4 cm³/mol. The van der Waals surface area contributed by atoms with E-state index in [2.05, 4.69) is 0 Å². The largest absolute Gasteiger partial charge is 0.358 e. The van der Waals surface area contributed by atoms with Gasteiger partial charge < -0.3 is 4.74 Å². The number of hydrogen-bond acceptors (Lipinski definition) is 3. The van der Waals surface area contributed by atoms with Crippen molar-refractivity contribution in [2.75, 3.05) is 6.61 Å². The van der Waals surface area contributed by atoms with Crippen molar-refractivity contribution in [1.29, 1.82) is 0 Å². The van der Waals surface area contributed by atoms with E-state index in [0.29, 0.717) is 13.0 Å². The molecule has 0 spiro atoms. The van der Waals surface area contributed by atoms with Crippen molar-refractivity contribution >= 4 is 0 Å². The summed E-state index contributed by atoms with van der Waals surface area (Å²) in [5.74, 6) is -0.941. The molecule has 0 radical (unpaired) electrons. The topological polar surface area (TPSA) is 53.2 Å². The zero-order chi connectivity index (χ0) is 15.7. The van der Waals surface area contributed by atoms with Gasteiger partial charge in [-0.05, 0) is 30.9 Å². The lowest BCUT2D eigenvalue weighted by Crippen LogP contribution is -2.42. The molecule has 0 N–H and O–H groups in total. The third-order valence-corrected chi connectivity index (χ3v) is 3.96. The van der Waals surface area contributed by atoms with Crippen LogP contribution in [0.25, 0.3) is 0 Å². The molecule has 5 nitrogen and oxygen atoms in total. The zero-order valence-corrected chi connectivity index (χ0v) is 12.3. The Labute approximate surface area is 126 Å². The van der Waals surface area contributed by atoms with Crippen molar-refractivity contribution < 1.29 is 9.13 Å². The third kappa shape index (κ3) is 2.62. The highest BCUT2D eigenvalue weighted by Crippen LogP contribution is 2.20. The minimum Gasteiger partial charge on any atom is -0.358 e. The second-order valence-corrected chi connectivity index (χ2v) is 5.45. The molecule has 0 aliphatic carbocycles. The Morgan fingerprint density at radius 1 is 1.32 bits per heavy atom. The van der Waals surface area contributed by atoms with Crippen molar-refractivity contribution in [2.24, 2.45) is 0 Å². The quantitative estimate of drug-likeness (QED) is 0.869. The van der Waals surface area contributed by atoms with Gasteiger partial charge in [-0.1, -0.05) is 24.3 Å². The molecule has 2 aromatic rings. The van der Waals surface area contributed by atoms with Crippen LogP contribution in [0.1, 0.15) is 30.2 Å². The summed E-state index contributed by atoms with van der Waals surface area (Å²) in [5, 5.41) is 0. The van der Waals surface area contributed by atoms with Gasteiger partial charge in [0.2, 0.25) is 5.82 Å². The number of nitrogens with zero attached hydrogens (tertiary/aromatic N) is 2. The van der Waals surface area contributed by atoms with Crippen molar-refractivity contribution in [3.05, 3.63) is 68.2 Å². The van der Waals surface area contributed by atoms with E-state index in [1.807, 2.05) is 31.2 Å². The van der Waals surface area contributed by atoms with Gasteiger partial charge >= 0.3 is 5.69 Å². The highest BCUT2D eigenvalue weighted by molar-refractivity contribution is 5.25. The molecule has 1 unspecified atom stereocenters. The molecule has 1 saturated heterocycles. The van der Waals surface area contributed by atoms with Gasteiger partial charge in [0.25, 0.3) is 5.56 Å². The molecule has 0 bridgehead atoms. The maximum absolute atomic E-state index is 13.9. The SMILES string of the molecule is Cc1ccccc1Cn1c(=O)c(F)cn(C2CCCO2)c1=O. The van der Waals surface area contributed by atoms with Gasteiger partial charge in [0.05, 0.1) is 12.7 Å². The molecule has 2 heterocycles. The van der Waals surface area contributed by atoms with E-state index in [1.165, 1.54) is 4.57 Å². The van der Waals surface area contributed by atoms with Crippen LogP contribution in [-0.4, -0.2) is 15.7 Å². The number of hydrogen-bond donors (Lipinski definition) is 0. The minimum absolute atomic E-state index is 0.0504. The standard InChI is InChI=1S/C16H17FN2O3/c1-11-5-2-3-6-12(11)9-19-15(20)13(17)10-18(16(19)21)14-7-4-8-22-14/h2-3,5-6,10,14H,4,7-9H2,1H3. The molecule has 1 aliphatic rings. The Balaban J connectivity index is 2.09. The lowest BCUT2D eigenvalue weighted by Gasteiger charge is -2.16. The Bertz CT molecular complexity index is 804. The second kappa shape index (κ2) is 5.88. The van der Waals surface area contributed by atoms with Gasteiger partial charge in [-0.3, -0.25) is 13.9 Å². The summed E-state index contributed by atoms with van der Waals surface area (Å²) in [6.07, 6.45) is 1.91. The summed E-state index contributed by atoms with van der Waals surface area (Å²) in [4.78, 5) is 24.5. The van der Waals surface area contributed by atoms with Crippen LogP contribution in [0.3, 0.4) is 0 Å². The fraction of sp³-hybridized carbons (Fsp3) is 0.375. The van der Waals surface area contributed by atoms with E-state index in [1.54, 1.807) is 0 Å². The summed E-state index contributed by atoms with van der Waals surface area (Å²) in [6, 6.07) is 7.41. The highest BCUT2D eigenvalue weighted by Gasteiger charge is 2.22. The first-order valence-electron chi connectivity index (χ1n) is 7.25. The monoisotopic (exact) mass is 304 g/mol. The van der Waals surface area contributed by atoms with E-state index in [4.69, 9.17) is 4.74 Å². The van der Waals surface area contributed by atoms with Crippen molar-refractivity contribution in [3.8, 4) is 0 Å². The normalized spacial score (nSPS) is 17.8. The molecule has 1 atom stereocenters. The van der Waals surface area contributed by atoms with Crippen LogP contribution in [0.4, 0.5) is 4.39 Å². The molecule has 1 aliphatic heterocycles. The maximum Gasteiger partial charge on any atom is 0.333 e. The van der Waals surface area contributed by atoms with Gasteiger partial charge in [0.1, 0.15) is 6.23 Å². The minimum atomic E-state index is -0.941. The molecular weight excluding hydrogens is 287 g/mol. The van der Waals surface area contributed by atoms with E-state index in [9.17, 15) is 14.0 Å². The van der Waals surface area contributed by atoms with E-state index in [-0.39, 0.29) is 6.54 Å². The Hall–Kier alpha value is -2.21. The molecule has 0 amide bonds. The molecule has 1 aromatic carbocycles. The molecule has 6 heteroatoms. The Morgan fingerprint density at radius 3 is 2.77 bits per heavy atom. The van der Waals surface area contributed by atoms with Gasteiger partial charge in [-0.2, -0.15) is 4.39 Å². The van der Waals surface area contributed by atoms with E-state index < -0.39 is 23.3 Å². The van der Waals surface area contributed by atoms with Gasteiger partial charge in [-0.15, -0.1) is 0 Å². The maximum atomic E-state index is 13.9. The number of aromatic nitrogens is 2. The molecule has 0 saturated carbocycles. The lowest BCUT2D eigenvalue weighted by atomic mass is 10.1. The first-order chi connectivity index (χ1) is 10.6. The van der Waals surface area contributed by atoms with Crippen LogP contribution < -0.4 is 11.2 Å². The van der Waals surface area contributed by atoms with Gasteiger partial charge in [0.15, 0.2) is 0 Å². The zero-order valence-electron chi connectivity index (χ0n) is 12.3. The summed E-state index contributed by atoms with van der Waals surface area (Å²) in [7, 11) is 0. The summed E-state index contributed by atoms with van der Waals surface area (Å²) in [5.41, 5.74) is 0.317. The molecule has 3 rings (SSSR count). The van der Waals surface area contributed by atoms with Gasteiger partial charge in [0, 0.05) is 6.61 Å². The first-order valence-corrected chi connectivity index (χ1v) is 7.25. The third-order valence-electron chi connectivity index (χ3n) is 3.96. The molecule has 1 aromatic heterocycles. The number of aryl methyl sites for hydroxylation is 1. The van der Waals surface area contributed by atoms with Gasteiger partial charge in [-0.25, -0.2) is 4.79 Å². The van der Waals surface area contributed by atoms with Crippen LogP contribution in [0, 0.1) is 12.7 Å². The van der Waals surface area contributed by atoms with Crippen LogP contribution in [0.5, 0.6) is 0 Å². The lowest BCUT2D eigenvalue weighted by molar-refractivity contribution is 0.0504. The number of rotatable bonds is 3. The second-order valence-electron chi connectivity index (χ2n) is 5.45.